The van der Waals surface area contributed by atoms with Gasteiger partial charge in [0.15, 0.2) is 12.2 Å². The lowest BCUT2D eigenvalue weighted by Crippen LogP contribution is -2.48. The molecule has 0 aromatic rings. The highest BCUT2D eigenvalue weighted by molar-refractivity contribution is 8.89. The molecule has 2 unspecified atom stereocenters. The quantitative estimate of drug-likeness (QED) is 0.488. The largest absolute Gasteiger partial charge is 0.479 e. The summed E-state index contributed by atoms with van der Waals surface area (Å²) in [4.78, 5) is 25.5. The van der Waals surface area contributed by atoms with Crippen molar-refractivity contribution in [2.24, 2.45) is 0 Å². The Morgan fingerprint density at radius 2 is 1.25 bits per heavy atom. The molecule has 24 heavy (non-hydrogen) atoms. The van der Waals surface area contributed by atoms with Crippen LogP contribution in [0.4, 0.5) is 0 Å². The van der Waals surface area contributed by atoms with Gasteiger partial charge in [-0.2, -0.15) is 0 Å². The average molecular weight is 413 g/mol. The van der Waals surface area contributed by atoms with E-state index in [9.17, 15) is 9.59 Å². The van der Waals surface area contributed by atoms with Crippen LogP contribution in [0.25, 0.3) is 0 Å². The van der Waals surface area contributed by atoms with E-state index < -0.39 is 24.1 Å². The second kappa shape index (κ2) is 9.15. The van der Waals surface area contributed by atoms with Crippen LogP contribution in [0.3, 0.4) is 0 Å². The first-order chi connectivity index (χ1) is 11.4. The highest BCUT2D eigenvalue weighted by atomic mass is 33.1. The monoisotopic (exact) mass is 412 g/mol. The third kappa shape index (κ3) is 5.43. The summed E-state index contributed by atoms with van der Waals surface area (Å²) in [6, 6.07) is 0. The Kier molecular flexibility index (Phi) is 7.50. The fourth-order valence-corrected chi connectivity index (χ4v) is 4.79. The van der Waals surface area contributed by atoms with E-state index in [1.165, 1.54) is 21.6 Å². The molecule has 0 aliphatic carbocycles. The molecule has 2 aliphatic rings. The topological polar surface area (TPSA) is 99.5 Å². The summed E-state index contributed by atoms with van der Waals surface area (Å²) in [7, 11) is 2.53. The number of aliphatic carboxylic acids is 2. The summed E-state index contributed by atoms with van der Waals surface area (Å²) in [5.41, 5.74) is 0. The zero-order chi connectivity index (χ0) is 17.7. The average Bonchev–Trinajstić information content (AvgIpc) is 2.59. The van der Waals surface area contributed by atoms with Crippen LogP contribution in [0.15, 0.2) is 0 Å². The third-order valence-corrected chi connectivity index (χ3v) is 7.12. The lowest BCUT2D eigenvalue weighted by atomic mass is 10.3. The van der Waals surface area contributed by atoms with E-state index in [1.54, 1.807) is 9.80 Å². The fourth-order valence-electron chi connectivity index (χ4n) is 2.11. The molecule has 0 saturated carbocycles. The molecule has 0 spiro atoms. The van der Waals surface area contributed by atoms with Crippen molar-refractivity contribution in [3.8, 4) is 0 Å². The molecule has 2 fully saturated rings. The fraction of sp³-hybridized carbons (Fsp3) is 0.667. The molecule has 2 saturated heterocycles. The van der Waals surface area contributed by atoms with E-state index in [0.29, 0.717) is 34.9 Å². The molecular weight excluding hydrogens is 396 g/mol. The van der Waals surface area contributed by atoms with Gasteiger partial charge in [0.25, 0.3) is 0 Å². The van der Waals surface area contributed by atoms with Gasteiger partial charge >= 0.3 is 11.9 Å². The lowest BCUT2D eigenvalue weighted by molar-refractivity contribution is -0.154. The minimum atomic E-state index is -1.01. The smallest absolute Gasteiger partial charge is 0.334 e. The van der Waals surface area contributed by atoms with E-state index >= 15 is 0 Å². The molecule has 12 heteroatoms. The Hall–Kier alpha value is -0.660. The molecule has 2 rings (SSSR count). The van der Waals surface area contributed by atoms with Crippen LogP contribution in [0, 0.1) is 0 Å². The number of thiocarbonyl (C=S) groups is 2. The maximum absolute atomic E-state index is 11.0. The Balaban J connectivity index is 1.79. The van der Waals surface area contributed by atoms with Gasteiger partial charge in [0.2, 0.25) is 0 Å². The van der Waals surface area contributed by atoms with Gasteiger partial charge < -0.3 is 29.5 Å². The summed E-state index contributed by atoms with van der Waals surface area (Å²) in [5, 5.41) is 18.0. The number of rotatable bonds is 2. The standard InChI is InChI=1S/C12H16N2O6S4/c15-9(16)7-5-13(1-3-19-7)11(21)23-24-12(22)14-2-4-20-8(6-14)10(17)18/h7-8H,1-6H2,(H,15,16)(H,17,18). The van der Waals surface area contributed by atoms with Crippen LogP contribution < -0.4 is 0 Å². The normalized spacial score (nSPS) is 24.5. The van der Waals surface area contributed by atoms with Gasteiger partial charge in [0.05, 0.1) is 26.3 Å². The van der Waals surface area contributed by atoms with Gasteiger partial charge in [-0.05, 0) is 21.6 Å². The Morgan fingerprint density at radius 1 is 0.875 bits per heavy atom. The predicted octanol–water partition coefficient (Wildman–Crippen LogP) is 0.508. The first-order valence-electron chi connectivity index (χ1n) is 6.99. The number of ether oxygens (including phenoxy) is 2. The van der Waals surface area contributed by atoms with Crippen LogP contribution in [0.1, 0.15) is 0 Å². The molecule has 8 nitrogen and oxygen atoms in total. The summed E-state index contributed by atoms with van der Waals surface area (Å²) < 4.78 is 11.4. The van der Waals surface area contributed by atoms with E-state index in [2.05, 4.69) is 0 Å². The van der Waals surface area contributed by atoms with Gasteiger partial charge in [-0.1, -0.05) is 24.4 Å². The Bertz CT molecular complexity index is 488. The van der Waals surface area contributed by atoms with E-state index in [1.807, 2.05) is 0 Å². The molecule has 0 aromatic heterocycles. The van der Waals surface area contributed by atoms with Gasteiger partial charge in [0, 0.05) is 13.1 Å². The lowest BCUT2D eigenvalue weighted by Gasteiger charge is -2.33. The maximum atomic E-state index is 11.0. The molecule has 0 bridgehead atoms. The number of morpholine rings is 2. The van der Waals surface area contributed by atoms with Crippen molar-refractivity contribution >= 4 is 66.6 Å². The molecule has 2 N–H and O–H groups in total. The first-order valence-corrected chi connectivity index (χ1v) is 9.96. The zero-order valence-electron chi connectivity index (χ0n) is 12.5. The molecule has 0 aromatic carbocycles. The van der Waals surface area contributed by atoms with Crippen LogP contribution in [-0.4, -0.2) is 92.2 Å². The number of carboxylic acid groups (broad SMARTS) is 2. The summed E-state index contributed by atoms with van der Waals surface area (Å²) in [6.07, 6.45) is -1.77. The Labute approximate surface area is 157 Å². The molecule has 2 atom stereocenters. The number of hydrogen-bond acceptors (Lipinski definition) is 8. The van der Waals surface area contributed by atoms with Crippen LogP contribution in [-0.2, 0) is 19.1 Å². The van der Waals surface area contributed by atoms with Crippen molar-refractivity contribution in [1.29, 1.82) is 0 Å². The second-order valence-electron chi connectivity index (χ2n) is 4.99. The van der Waals surface area contributed by atoms with E-state index in [4.69, 9.17) is 44.1 Å². The highest BCUT2D eigenvalue weighted by Crippen LogP contribution is 2.29. The van der Waals surface area contributed by atoms with Crippen molar-refractivity contribution in [2.75, 3.05) is 39.4 Å². The number of carbonyl (C=O) groups is 2. The van der Waals surface area contributed by atoms with Crippen LogP contribution in [0.2, 0.25) is 0 Å². The number of nitrogens with zero attached hydrogens (tertiary/aromatic N) is 2. The van der Waals surface area contributed by atoms with Gasteiger partial charge in [-0.15, -0.1) is 0 Å². The minimum Gasteiger partial charge on any atom is -0.479 e. The number of hydrogen-bond donors (Lipinski definition) is 2. The minimum absolute atomic E-state index is 0.202. The van der Waals surface area contributed by atoms with E-state index in [-0.39, 0.29) is 13.1 Å². The van der Waals surface area contributed by atoms with Crippen molar-refractivity contribution in [3.63, 3.8) is 0 Å². The Morgan fingerprint density at radius 3 is 1.58 bits per heavy atom. The summed E-state index contributed by atoms with van der Waals surface area (Å²) in [6.45, 7) is 2.07. The molecule has 2 heterocycles. The summed E-state index contributed by atoms with van der Waals surface area (Å²) in [5.74, 6) is -2.02. The first kappa shape index (κ1) is 19.7. The van der Waals surface area contributed by atoms with Gasteiger partial charge in [-0.3, -0.25) is 0 Å². The van der Waals surface area contributed by atoms with Crippen molar-refractivity contribution in [2.45, 2.75) is 12.2 Å². The molecule has 0 amide bonds. The van der Waals surface area contributed by atoms with Gasteiger partial charge in [0.1, 0.15) is 8.64 Å². The van der Waals surface area contributed by atoms with Crippen LogP contribution in [0.5, 0.6) is 0 Å². The summed E-state index contributed by atoms with van der Waals surface area (Å²) >= 11 is 10.6. The molecule has 0 radical (unpaired) electrons. The van der Waals surface area contributed by atoms with Crippen molar-refractivity contribution in [1.82, 2.24) is 9.80 Å². The second-order valence-corrected chi connectivity index (χ2v) is 8.38. The zero-order valence-corrected chi connectivity index (χ0v) is 15.7. The third-order valence-electron chi connectivity index (χ3n) is 3.38. The molecule has 134 valence electrons. The highest BCUT2D eigenvalue weighted by Gasteiger charge is 2.30. The van der Waals surface area contributed by atoms with Crippen molar-refractivity contribution in [3.05, 3.63) is 0 Å². The molecular formula is C12H16N2O6S4. The number of carboxylic acids is 2. The maximum Gasteiger partial charge on any atom is 0.334 e. The van der Waals surface area contributed by atoms with Gasteiger partial charge in [-0.25, -0.2) is 9.59 Å². The van der Waals surface area contributed by atoms with Crippen molar-refractivity contribution < 1.29 is 29.3 Å². The van der Waals surface area contributed by atoms with E-state index in [0.717, 1.165) is 0 Å². The van der Waals surface area contributed by atoms with Crippen LogP contribution >= 0.6 is 46.0 Å². The predicted molar refractivity (Wildman–Crippen MR) is 98.3 cm³/mol. The molecule has 2 aliphatic heterocycles. The SMILES string of the molecule is O=C(O)C1CN(C(=S)SSC(=S)N2CCOC(C(=O)O)C2)CCO1.